The summed E-state index contributed by atoms with van der Waals surface area (Å²) in [5, 5.41) is 2.78. The quantitative estimate of drug-likeness (QED) is 0.850. The first kappa shape index (κ1) is 17.2. The molecule has 24 heavy (non-hydrogen) atoms. The van der Waals surface area contributed by atoms with Gasteiger partial charge in [0, 0.05) is 25.7 Å². The van der Waals surface area contributed by atoms with E-state index in [1.807, 2.05) is 0 Å². The average molecular weight is 368 g/mol. The second-order valence-electron chi connectivity index (χ2n) is 5.25. The van der Waals surface area contributed by atoms with Crippen molar-refractivity contribution in [1.29, 1.82) is 0 Å². The molecule has 2 aromatic rings. The lowest BCUT2D eigenvalue weighted by molar-refractivity contribution is 0.0320. The standard InChI is InChI=1S/C16H18ClN3O3S/c17-14-3-2-13(24-14)16(21)19-12-1-4-15(18-11-12)23-10-7-20-5-8-22-9-6-20/h1-4,11H,5-10H2,(H,19,21). The van der Waals surface area contributed by atoms with Gasteiger partial charge in [-0.25, -0.2) is 4.98 Å². The van der Waals surface area contributed by atoms with E-state index < -0.39 is 0 Å². The van der Waals surface area contributed by atoms with Crippen molar-refractivity contribution >= 4 is 34.5 Å². The Hall–Kier alpha value is -1.67. The van der Waals surface area contributed by atoms with Crippen molar-refractivity contribution in [1.82, 2.24) is 9.88 Å². The summed E-state index contributed by atoms with van der Waals surface area (Å²) in [6, 6.07) is 6.91. The molecule has 0 spiro atoms. The lowest BCUT2D eigenvalue weighted by Gasteiger charge is -2.26. The highest BCUT2D eigenvalue weighted by molar-refractivity contribution is 7.18. The minimum Gasteiger partial charge on any atom is -0.476 e. The van der Waals surface area contributed by atoms with Gasteiger partial charge in [-0.1, -0.05) is 11.6 Å². The molecule has 128 valence electrons. The molecule has 0 radical (unpaired) electrons. The van der Waals surface area contributed by atoms with Crippen molar-refractivity contribution in [3.8, 4) is 5.88 Å². The third-order valence-corrected chi connectivity index (χ3v) is 4.78. The highest BCUT2D eigenvalue weighted by Crippen LogP contribution is 2.22. The molecule has 3 rings (SSSR count). The van der Waals surface area contributed by atoms with E-state index in [9.17, 15) is 4.79 Å². The molecule has 1 aliphatic rings. The SMILES string of the molecule is O=C(Nc1ccc(OCCN2CCOCC2)nc1)c1ccc(Cl)s1. The van der Waals surface area contributed by atoms with Crippen LogP contribution < -0.4 is 10.1 Å². The summed E-state index contributed by atoms with van der Waals surface area (Å²) in [5.74, 6) is 0.343. The largest absolute Gasteiger partial charge is 0.476 e. The summed E-state index contributed by atoms with van der Waals surface area (Å²) in [4.78, 5) is 19.1. The number of thiophene rings is 1. The average Bonchev–Trinajstić information content (AvgIpc) is 3.04. The third-order valence-electron chi connectivity index (χ3n) is 3.55. The van der Waals surface area contributed by atoms with Gasteiger partial charge in [-0.05, 0) is 18.2 Å². The summed E-state index contributed by atoms with van der Waals surface area (Å²) in [7, 11) is 0. The highest BCUT2D eigenvalue weighted by atomic mass is 35.5. The predicted molar refractivity (Wildman–Crippen MR) is 94.3 cm³/mol. The molecule has 0 bridgehead atoms. The molecule has 1 fully saturated rings. The van der Waals surface area contributed by atoms with Crippen LogP contribution in [0.25, 0.3) is 0 Å². The van der Waals surface area contributed by atoms with Crippen LogP contribution in [-0.2, 0) is 4.74 Å². The molecule has 0 saturated carbocycles. The third kappa shape index (κ3) is 4.91. The summed E-state index contributed by atoms with van der Waals surface area (Å²) in [6.45, 7) is 4.86. The normalized spacial score (nSPS) is 15.2. The number of nitrogens with zero attached hydrogens (tertiary/aromatic N) is 2. The first-order valence-electron chi connectivity index (χ1n) is 7.66. The van der Waals surface area contributed by atoms with Crippen molar-refractivity contribution in [3.63, 3.8) is 0 Å². The minimum atomic E-state index is -0.199. The van der Waals surface area contributed by atoms with Crippen LogP contribution in [0, 0.1) is 0 Å². The lowest BCUT2D eigenvalue weighted by Crippen LogP contribution is -2.38. The smallest absolute Gasteiger partial charge is 0.265 e. The van der Waals surface area contributed by atoms with Gasteiger partial charge in [0.1, 0.15) is 6.61 Å². The fourth-order valence-electron chi connectivity index (χ4n) is 2.27. The van der Waals surface area contributed by atoms with Gasteiger partial charge in [0.25, 0.3) is 5.91 Å². The Morgan fingerprint density at radius 2 is 2.17 bits per heavy atom. The molecular weight excluding hydrogens is 350 g/mol. The van der Waals surface area contributed by atoms with E-state index in [-0.39, 0.29) is 5.91 Å². The van der Waals surface area contributed by atoms with E-state index in [0.29, 0.717) is 27.4 Å². The van der Waals surface area contributed by atoms with Gasteiger partial charge in [0.2, 0.25) is 5.88 Å². The van der Waals surface area contributed by atoms with Crippen LogP contribution in [0.2, 0.25) is 4.34 Å². The highest BCUT2D eigenvalue weighted by Gasteiger charge is 2.11. The van der Waals surface area contributed by atoms with Gasteiger partial charge in [0.15, 0.2) is 0 Å². The molecule has 1 saturated heterocycles. The van der Waals surface area contributed by atoms with Crippen molar-refractivity contribution < 1.29 is 14.3 Å². The molecule has 0 atom stereocenters. The van der Waals surface area contributed by atoms with Gasteiger partial charge in [-0.2, -0.15) is 0 Å². The first-order chi connectivity index (χ1) is 11.7. The topological polar surface area (TPSA) is 63.7 Å². The number of anilines is 1. The molecule has 1 aliphatic heterocycles. The number of amides is 1. The molecule has 0 aromatic carbocycles. The first-order valence-corrected chi connectivity index (χ1v) is 8.86. The molecule has 0 aliphatic carbocycles. The Labute approximate surface area is 149 Å². The van der Waals surface area contributed by atoms with Gasteiger partial charge >= 0.3 is 0 Å². The van der Waals surface area contributed by atoms with E-state index in [2.05, 4.69) is 15.2 Å². The lowest BCUT2D eigenvalue weighted by atomic mass is 10.4. The number of rotatable bonds is 6. The number of hydrogen-bond acceptors (Lipinski definition) is 6. The van der Waals surface area contributed by atoms with E-state index in [1.165, 1.54) is 11.3 Å². The van der Waals surface area contributed by atoms with Gasteiger partial charge in [-0.15, -0.1) is 11.3 Å². The zero-order valence-corrected chi connectivity index (χ0v) is 14.6. The van der Waals surface area contributed by atoms with E-state index in [1.54, 1.807) is 30.5 Å². The number of hydrogen-bond donors (Lipinski definition) is 1. The molecule has 1 amide bonds. The van der Waals surface area contributed by atoms with Crippen molar-refractivity contribution in [3.05, 3.63) is 39.7 Å². The number of aromatic nitrogens is 1. The van der Waals surface area contributed by atoms with Crippen LogP contribution >= 0.6 is 22.9 Å². The zero-order valence-electron chi connectivity index (χ0n) is 13.0. The second-order valence-corrected chi connectivity index (χ2v) is 6.96. The fraction of sp³-hybridized carbons (Fsp3) is 0.375. The molecule has 2 aromatic heterocycles. The van der Waals surface area contributed by atoms with Gasteiger partial charge in [-0.3, -0.25) is 9.69 Å². The second kappa shape index (κ2) is 8.43. The van der Waals surface area contributed by atoms with Gasteiger partial charge < -0.3 is 14.8 Å². The number of carbonyl (C=O) groups excluding carboxylic acids is 1. The van der Waals surface area contributed by atoms with Crippen LogP contribution in [-0.4, -0.2) is 55.2 Å². The monoisotopic (exact) mass is 367 g/mol. The summed E-state index contributed by atoms with van der Waals surface area (Å²) >= 11 is 7.07. The van der Waals surface area contributed by atoms with Crippen molar-refractivity contribution in [2.24, 2.45) is 0 Å². The maximum atomic E-state index is 12.0. The maximum Gasteiger partial charge on any atom is 0.265 e. The number of nitrogens with one attached hydrogen (secondary N) is 1. The molecule has 8 heteroatoms. The van der Waals surface area contributed by atoms with Crippen LogP contribution in [0.1, 0.15) is 9.67 Å². The Bertz CT molecular complexity index is 671. The number of morpholine rings is 1. The van der Waals surface area contributed by atoms with Crippen LogP contribution in [0.15, 0.2) is 30.5 Å². The zero-order chi connectivity index (χ0) is 16.8. The van der Waals surface area contributed by atoms with E-state index in [4.69, 9.17) is 21.1 Å². The van der Waals surface area contributed by atoms with Gasteiger partial charge in [0.05, 0.1) is 34.3 Å². The van der Waals surface area contributed by atoms with Crippen LogP contribution in [0.5, 0.6) is 5.88 Å². The Morgan fingerprint density at radius 1 is 1.33 bits per heavy atom. The molecule has 6 nitrogen and oxygen atoms in total. The fourth-order valence-corrected chi connectivity index (χ4v) is 3.21. The maximum absolute atomic E-state index is 12.0. The predicted octanol–water partition coefficient (Wildman–Crippen LogP) is 2.76. The van der Waals surface area contributed by atoms with E-state index >= 15 is 0 Å². The Kier molecular flexibility index (Phi) is 6.03. The number of pyridine rings is 1. The van der Waals surface area contributed by atoms with Crippen LogP contribution in [0.4, 0.5) is 5.69 Å². The number of halogens is 1. The number of carbonyl (C=O) groups is 1. The molecule has 1 N–H and O–H groups in total. The molecule has 3 heterocycles. The summed E-state index contributed by atoms with van der Waals surface area (Å²) in [5.41, 5.74) is 0.616. The van der Waals surface area contributed by atoms with Crippen LogP contribution in [0.3, 0.4) is 0 Å². The number of ether oxygens (including phenoxy) is 2. The Balaban J connectivity index is 1.45. The van der Waals surface area contributed by atoms with Crippen molar-refractivity contribution in [2.45, 2.75) is 0 Å². The molecule has 0 unspecified atom stereocenters. The summed E-state index contributed by atoms with van der Waals surface area (Å²) < 4.78 is 11.5. The molecular formula is C16H18ClN3O3S. The minimum absolute atomic E-state index is 0.199. The summed E-state index contributed by atoms with van der Waals surface area (Å²) in [6.07, 6.45) is 1.58. The van der Waals surface area contributed by atoms with E-state index in [0.717, 1.165) is 32.8 Å². The Morgan fingerprint density at radius 3 is 2.83 bits per heavy atom. The van der Waals surface area contributed by atoms with Crippen molar-refractivity contribution in [2.75, 3.05) is 44.8 Å².